The number of halogens is 1. The molecule has 0 fully saturated rings. The zero-order valence-electron chi connectivity index (χ0n) is 11.7. The van der Waals surface area contributed by atoms with E-state index in [1.54, 1.807) is 6.07 Å². The van der Waals surface area contributed by atoms with Gasteiger partial charge in [0.25, 0.3) is 5.91 Å². The van der Waals surface area contributed by atoms with Gasteiger partial charge < -0.3 is 15.2 Å². The molecule has 7 heteroatoms. The molecule has 1 aromatic carbocycles. The Bertz CT molecular complexity index is 587. The molecular weight excluding hydrogens is 275 g/mol. The van der Waals surface area contributed by atoms with Gasteiger partial charge in [-0.25, -0.2) is 4.39 Å². The van der Waals surface area contributed by atoms with E-state index in [1.807, 2.05) is 6.92 Å². The van der Waals surface area contributed by atoms with E-state index < -0.39 is 5.82 Å². The molecule has 21 heavy (non-hydrogen) atoms. The topological polar surface area (TPSA) is 80.0 Å². The standard InChI is InChI=1S/C14H17FN4O2/c1-2-7-16-13-10(4-3-5-11(13)15)14(20)17-8-6-12-18-9-19-21-12/h3-5,9,16H,2,6-8H2,1H3,(H,17,20). The van der Waals surface area contributed by atoms with Gasteiger partial charge in [-0.1, -0.05) is 18.1 Å². The van der Waals surface area contributed by atoms with Crippen molar-refractivity contribution in [3.63, 3.8) is 0 Å². The first-order valence-corrected chi connectivity index (χ1v) is 6.78. The molecule has 0 unspecified atom stereocenters. The Morgan fingerprint density at radius 1 is 1.38 bits per heavy atom. The van der Waals surface area contributed by atoms with Crippen LogP contribution in [0.15, 0.2) is 29.0 Å². The number of carbonyl (C=O) groups is 1. The molecule has 0 aliphatic carbocycles. The zero-order chi connectivity index (χ0) is 15.1. The van der Waals surface area contributed by atoms with Gasteiger partial charge in [0.05, 0.1) is 11.3 Å². The lowest BCUT2D eigenvalue weighted by Crippen LogP contribution is -2.27. The first-order chi connectivity index (χ1) is 10.2. The third-order valence-corrected chi connectivity index (χ3v) is 2.84. The molecule has 0 atom stereocenters. The second kappa shape index (κ2) is 7.37. The zero-order valence-corrected chi connectivity index (χ0v) is 11.7. The van der Waals surface area contributed by atoms with E-state index in [9.17, 15) is 9.18 Å². The van der Waals surface area contributed by atoms with E-state index in [1.165, 1.54) is 18.5 Å². The van der Waals surface area contributed by atoms with E-state index in [0.717, 1.165) is 6.42 Å². The van der Waals surface area contributed by atoms with Gasteiger partial charge in [0.15, 0.2) is 6.33 Å². The number of anilines is 1. The van der Waals surface area contributed by atoms with Crippen molar-refractivity contribution >= 4 is 11.6 Å². The van der Waals surface area contributed by atoms with E-state index in [2.05, 4.69) is 20.8 Å². The SMILES string of the molecule is CCCNc1c(F)cccc1C(=O)NCCc1ncno1. The summed E-state index contributed by atoms with van der Waals surface area (Å²) in [5.74, 6) is -0.334. The minimum Gasteiger partial charge on any atom is -0.382 e. The maximum Gasteiger partial charge on any atom is 0.253 e. The van der Waals surface area contributed by atoms with Crippen LogP contribution in [0.1, 0.15) is 29.6 Å². The number of benzene rings is 1. The second-order valence-corrected chi connectivity index (χ2v) is 4.43. The molecule has 1 amide bonds. The number of amides is 1. The fourth-order valence-corrected chi connectivity index (χ4v) is 1.83. The van der Waals surface area contributed by atoms with Gasteiger partial charge in [0.2, 0.25) is 5.89 Å². The Morgan fingerprint density at radius 3 is 2.95 bits per heavy atom. The molecule has 0 bridgehead atoms. The van der Waals surface area contributed by atoms with Crippen molar-refractivity contribution in [2.75, 3.05) is 18.4 Å². The maximum absolute atomic E-state index is 13.8. The van der Waals surface area contributed by atoms with Crippen molar-refractivity contribution in [1.82, 2.24) is 15.5 Å². The van der Waals surface area contributed by atoms with Crippen LogP contribution in [0.3, 0.4) is 0 Å². The van der Waals surface area contributed by atoms with Gasteiger partial charge in [0.1, 0.15) is 5.82 Å². The van der Waals surface area contributed by atoms with Crippen LogP contribution in [0, 0.1) is 5.82 Å². The monoisotopic (exact) mass is 292 g/mol. The van der Waals surface area contributed by atoms with Gasteiger partial charge in [-0.05, 0) is 18.6 Å². The minimum absolute atomic E-state index is 0.231. The molecule has 0 saturated carbocycles. The van der Waals surface area contributed by atoms with Crippen molar-refractivity contribution in [3.8, 4) is 0 Å². The van der Waals surface area contributed by atoms with Gasteiger partial charge in [0, 0.05) is 19.5 Å². The summed E-state index contributed by atoms with van der Waals surface area (Å²) in [6, 6.07) is 4.43. The Hall–Kier alpha value is -2.44. The van der Waals surface area contributed by atoms with Crippen LogP contribution < -0.4 is 10.6 Å². The number of para-hydroxylation sites is 1. The maximum atomic E-state index is 13.8. The van der Waals surface area contributed by atoms with Crippen LogP contribution in [0.2, 0.25) is 0 Å². The number of nitrogens with zero attached hydrogens (tertiary/aromatic N) is 2. The summed E-state index contributed by atoms with van der Waals surface area (Å²) >= 11 is 0. The van der Waals surface area contributed by atoms with Crippen LogP contribution in [0.5, 0.6) is 0 Å². The highest BCUT2D eigenvalue weighted by Gasteiger charge is 2.14. The average Bonchev–Trinajstić information content (AvgIpc) is 2.99. The van der Waals surface area contributed by atoms with Crippen molar-refractivity contribution in [3.05, 3.63) is 41.8 Å². The summed E-state index contributed by atoms with van der Waals surface area (Å²) < 4.78 is 18.6. The molecule has 1 aromatic heterocycles. The molecule has 6 nitrogen and oxygen atoms in total. The van der Waals surface area contributed by atoms with Gasteiger partial charge in [-0.2, -0.15) is 4.98 Å². The first kappa shape index (κ1) is 15.0. The van der Waals surface area contributed by atoms with Crippen molar-refractivity contribution in [2.24, 2.45) is 0 Å². The van der Waals surface area contributed by atoms with Crippen LogP contribution in [-0.2, 0) is 6.42 Å². The molecule has 2 N–H and O–H groups in total. The summed E-state index contributed by atoms with van der Waals surface area (Å²) in [6.07, 6.45) is 2.57. The fraction of sp³-hybridized carbons (Fsp3) is 0.357. The number of nitrogens with one attached hydrogen (secondary N) is 2. The van der Waals surface area contributed by atoms with E-state index in [4.69, 9.17) is 4.52 Å². The highest BCUT2D eigenvalue weighted by atomic mass is 19.1. The Balaban J connectivity index is 1.99. The minimum atomic E-state index is -0.437. The second-order valence-electron chi connectivity index (χ2n) is 4.43. The Kier molecular flexibility index (Phi) is 5.25. The first-order valence-electron chi connectivity index (χ1n) is 6.78. The van der Waals surface area contributed by atoms with E-state index >= 15 is 0 Å². The van der Waals surface area contributed by atoms with Crippen molar-refractivity contribution < 1.29 is 13.7 Å². The van der Waals surface area contributed by atoms with Crippen molar-refractivity contribution in [1.29, 1.82) is 0 Å². The number of carbonyl (C=O) groups excluding carboxylic acids is 1. The number of hydrogen-bond acceptors (Lipinski definition) is 5. The number of aromatic nitrogens is 2. The van der Waals surface area contributed by atoms with Crippen LogP contribution >= 0.6 is 0 Å². The number of hydrogen-bond donors (Lipinski definition) is 2. The molecule has 0 radical (unpaired) electrons. The van der Waals surface area contributed by atoms with E-state index in [-0.39, 0.29) is 17.2 Å². The lowest BCUT2D eigenvalue weighted by molar-refractivity contribution is 0.0954. The lowest BCUT2D eigenvalue weighted by atomic mass is 10.1. The smallest absolute Gasteiger partial charge is 0.253 e. The predicted octanol–water partition coefficient (Wildman–Crippen LogP) is 2.00. The van der Waals surface area contributed by atoms with Crippen LogP contribution in [0.4, 0.5) is 10.1 Å². The molecule has 112 valence electrons. The quantitative estimate of drug-likeness (QED) is 0.816. The van der Waals surface area contributed by atoms with Crippen LogP contribution in [0.25, 0.3) is 0 Å². The molecule has 0 aliphatic rings. The van der Waals surface area contributed by atoms with Crippen LogP contribution in [-0.4, -0.2) is 29.1 Å². The molecular formula is C14H17FN4O2. The van der Waals surface area contributed by atoms with Gasteiger partial charge in [-0.3, -0.25) is 4.79 Å². The van der Waals surface area contributed by atoms with Gasteiger partial charge in [-0.15, -0.1) is 0 Å². The molecule has 1 heterocycles. The molecule has 2 rings (SSSR count). The molecule has 2 aromatic rings. The Morgan fingerprint density at radius 2 is 2.24 bits per heavy atom. The normalized spacial score (nSPS) is 10.4. The third kappa shape index (κ3) is 4.01. The van der Waals surface area contributed by atoms with Gasteiger partial charge >= 0.3 is 0 Å². The summed E-state index contributed by atoms with van der Waals surface area (Å²) in [5.41, 5.74) is 0.517. The number of rotatable bonds is 7. The summed E-state index contributed by atoms with van der Waals surface area (Å²) in [4.78, 5) is 16.0. The molecule has 0 aliphatic heterocycles. The molecule has 0 spiro atoms. The molecule has 0 saturated heterocycles. The lowest BCUT2D eigenvalue weighted by Gasteiger charge is -2.12. The van der Waals surface area contributed by atoms with Crippen molar-refractivity contribution in [2.45, 2.75) is 19.8 Å². The summed E-state index contributed by atoms with van der Waals surface area (Å²) in [5, 5.41) is 9.13. The highest BCUT2D eigenvalue weighted by Crippen LogP contribution is 2.19. The fourth-order valence-electron chi connectivity index (χ4n) is 1.83. The summed E-state index contributed by atoms with van der Waals surface area (Å²) in [6.45, 7) is 2.91. The Labute approximate surface area is 121 Å². The third-order valence-electron chi connectivity index (χ3n) is 2.84. The predicted molar refractivity (Wildman–Crippen MR) is 75.5 cm³/mol. The largest absolute Gasteiger partial charge is 0.382 e. The highest BCUT2D eigenvalue weighted by molar-refractivity contribution is 5.99. The average molecular weight is 292 g/mol. The van der Waals surface area contributed by atoms with E-state index in [0.29, 0.717) is 25.4 Å². The summed E-state index contributed by atoms with van der Waals surface area (Å²) in [7, 11) is 0.